The van der Waals surface area contributed by atoms with Crippen LogP contribution in [-0.4, -0.2) is 7.85 Å². The molecule has 13 heavy (non-hydrogen) atoms. The second-order valence-corrected chi connectivity index (χ2v) is 2.37. The molecular weight excluding hydrogens is 155 g/mol. The first-order chi connectivity index (χ1) is 6.33. The van der Waals surface area contributed by atoms with Gasteiger partial charge in [0, 0.05) is 5.56 Å². The summed E-state index contributed by atoms with van der Waals surface area (Å²) in [5.41, 5.74) is 2.28. The monoisotopic (exact) mass is 170 g/mol. The summed E-state index contributed by atoms with van der Waals surface area (Å²) in [6, 6.07) is 8.08. The summed E-state index contributed by atoms with van der Waals surface area (Å²) in [5.74, 6) is 5.76. The van der Waals surface area contributed by atoms with Gasteiger partial charge in [-0.3, -0.25) is 0 Å². The fraction of sp³-hybridized carbons (Fsp3) is 0.333. The topological polar surface area (TPSA) is 0 Å². The smallest absolute Gasteiger partial charge is 0.0828 e. The molecule has 2 radical (unpaired) electrons. The minimum Gasteiger partial charge on any atom is -0.108 e. The molecule has 0 saturated carbocycles. The van der Waals surface area contributed by atoms with E-state index < -0.39 is 0 Å². The van der Waals surface area contributed by atoms with Gasteiger partial charge in [-0.2, -0.15) is 0 Å². The maximum Gasteiger partial charge on any atom is 0.0828 e. The van der Waals surface area contributed by atoms with Crippen molar-refractivity contribution < 1.29 is 0 Å². The van der Waals surface area contributed by atoms with Crippen molar-refractivity contribution in [1.29, 1.82) is 0 Å². The molecule has 1 aromatic carbocycles. The van der Waals surface area contributed by atoms with Gasteiger partial charge in [0.25, 0.3) is 0 Å². The number of rotatable bonds is 0. The molecule has 0 atom stereocenters. The van der Waals surface area contributed by atoms with Gasteiger partial charge in [-0.25, -0.2) is 0 Å². The predicted molar refractivity (Wildman–Crippen MR) is 60.0 cm³/mol. The molecule has 0 nitrogen and oxygen atoms in total. The van der Waals surface area contributed by atoms with Crippen LogP contribution in [0.4, 0.5) is 0 Å². The lowest BCUT2D eigenvalue weighted by Crippen LogP contribution is -1.74. The lowest BCUT2D eigenvalue weighted by atomic mass is 10.1. The molecule has 1 aromatic rings. The summed E-state index contributed by atoms with van der Waals surface area (Å²) in [5, 5.41) is 0. The molecule has 0 bridgehead atoms. The quantitative estimate of drug-likeness (QED) is 0.414. The van der Waals surface area contributed by atoms with Crippen LogP contribution in [0.5, 0.6) is 0 Å². The summed E-state index contributed by atoms with van der Waals surface area (Å²) in [6.45, 7) is 6.06. The maximum atomic E-state index is 5.23. The molecule has 0 aliphatic heterocycles. The van der Waals surface area contributed by atoms with Gasteiger partial charge in [0.2, 0.25) is 0 Å². The molecule has 0 N–H and O–H groups in total. The summed E-state index contributed by atoms with van der Waals surface area (Å²) >= 11 is 0. The van der Waals surface area contributed by atoms with Gasteiger partial charge in [-0.1, -0.05) is 37.5 Å². The second kappa shape index (κ2) is 7.49. The molecule has 0 amide bonds. The van der Waals surface area contributed by atoms with Gasteiger partial charge >= 0.3 is 0 Å². The molecule has 0 aliphatic carbocycles. The van der Waals surface area contributed by atoms with Crippen molar-refractivity contribution in [2.75, 3.05) is 0 Å². The van der Waals surface area contributed by atoms with Gasteiger partial charge in [-0.05, 0) is 25.4 Å². The van der Waals surface area contributed by atoms with E-state index in [9.17, 15) is 0 Å². The van der Waals surface area contributed by atoms with Crippen LogP contribution in [0, 0.1) is 18.8 Å². The maximum absolute atomic E-state index is 5.23. The molecular formula is C12H15B. The van der Waals surface area contributed by atoms with Gasteiger partial charge < -0.3 is 0 Å². The van der Waals surface area contributed by atoms with E-state index in [1.807, 2.05) is 38.1 Å². The molecule has 0 saturated heterocycles. The van der Waals surface area contributed by atoms with E-state index >= 15 is 0 Å². The van der Waals surface area contributed by atoms with Crippen LogP contribution in [0.2, 0.25) is 6.32 Å². The van der Waals surface area contributed by atoms with Crippen LogP contribution in [0.1, 0.15) is 25.0 Å². The van der Waals surface area contributed by atoms with Crippen molar-refractivity contribution in [3.8, 4) is 11.8 Å². The van der Waals surface area contributed by atoms with Gasteiger partial charge in [0.1, 0.15) is 0 Å². The second-order valence-electron chi connectivity index (χ2n) is 2.37. The predicted octanol–water partition coefficient (Wildman–Crippen LogP) is 2.96. The lowest BCUT2D eigenvalue weighted by Gasteiger charge is -1.90. The van der Waals surface area contributed by atoms with Crippen molar-refractivity contribution in [3.05, 3.63) is 35.4 Å². The third-order valence-electron chi connectivity index (χ3n) is 1.39. The highest BCUT2D eigenvalue weighted by Crippen LogP contribution is 2.00. The average molecular weight is 170 g/mol. The van der Waals surface area contributed by atoms with Crippen LogP contribution in [0.25, 0.3) is 0 Å². The molecule has 0 aliphatic rings. The van der Waals surface area contributed by atoms with Crippen LogP contribution in [0.3, 0.4) is 0 Å². The Morgan fingerprint density at radius 2 is 1.69 bits per heavy atom. The summed E-state index contributed by atoms with van der Waals surface area (Å²) in [4.78, 5) is 0. The fourth-order valence-corrected chi connectivity index (χ4v) is 0.790. The Morgan fingerprint density at radius 1 is 1.15 bits per heavy atom. The van der Waals surface area contributed by atoms with Crippen LogP contribution < -0.4 is 0 Å². The standard InChI is InChI=1S/C10H9B.C2H6/c1-9-4-6-10(7-5-9)3-2-8-11;1-2/h4-7H,8H2,1H3;1-2H3. The normalized spacial score (nSPS) is 7.62. The molecule has 66 valence electrons. The van der Waals surface area contributed by atoms with Crippen LogP contribution in [-0.2, 0) is 0 Å². The number of benzene rings is 1. The van der Waals surface area contributed by atoms with E-state index in [0.717, 1.165) is 5.56 Å². The Labute approximate surface area is 82.8 Å². The minimum atomic E-state index is 0.424. The van der Waals surface area contributed by atoms with E-state index in [2.05, 4.69) is 18.8 Å². The van der Waals surface area contributed by atoms with E-state index in [4.69, 9.17) is 7.85 Å². The Balaban J connectivity index is 0.000000671. The fourth-order valence-electron chi connectivity index (χ4n) is 0.790. The van der Waals surface area contributed by atoms with E-state index in [-0.39, 0.29) is 0 Å². The van der Waals surface area contributed by atoms with Gasteiger partial charge in [0.15, 0.2) is 0 Å². The van der Waals surface area contributed by atoms with Crippen molar-refractivity contribution in [2.24, 2.45) is 0 Å². The van der Waals surface area contributed by atoms with Crippen molar-refractivity contribution in [3.63, 3.8) is 0 Å². The molecule has 0 aromatic heterocycles. The summed E-state index contributed by atoms with van der Waals surface area (Å²) < 4.78 is 0. The Hall–Kier alpha value is -1.16. The van der Waals surface area contributed by atoms with Gasteiger partial charge in [0.05, 0.1) is 7.85 Å². The molecule has 1 rings (SSSR count). The highest BCUT2D eigenvalue weighted by Gasteiger charge is 1.83. The Kier molecular flexibility index (Phi) is 6.83. The van der Waals surface area contributed by atoms with Crippen molar-refractivity contribution >= 4 is 7.85 Å². The highest BCUT2D eigenvalue weighted by molar-refractivity contribution is 6.10. The van der Waals surface area contributed by atoms with Crippen LogP contribution >= 0.6 is 0 Å². The Bertz CT molecular complexity index is 274. The van der Waals surface area contributed by atoms with Crippen LogP contribution in [0.15, 0.2) is 24.3 Å². The summed E-state index contributed by atoms with van der Waals surface area (Å²) in [6.07, 6.45) is 0.424. The minimum absolute atomic E-state index is 0.424. The zero-order chi connectivity index (χ0) is 10.1. The third kappa shape index (κ3) is 5.14. The molecule has 0 fully saturated rings. The number of hydrogen-bond donors (Lipinski definition) is 0. The van der Waals surface area contributed by atoms with E-state index in [1.165, 1.54) is 5.56 Å². The van der Waals surface area contributed by atoms with E-state index in [1.54, 1.807) is 0 Å². The molecule has 1 heteroatoms. The largest absolute Gasteiger partial charge is 0.108 e. The SMILES string of the molecule is CC.[B]CC#Cc1ccc(C)cc1. The lowest BCUT2D eigenvalue weighted by molar-refractivity contribution is 1.46. The first-order valence-electron chi connectivity index (χ1n) is 4.58. The number of aryl methyl sites for hydroxylation is 1. The molecule has 0 unspecified atom stereocenters. The third-order valence-corrected chi connectivity index (χ3v) is 1.39. The zero-order valence-corrected chi connectivity index (χ0v) is 8.59. The summed E-state index contributed by atoms with van der Waals surface area (Å²) in [7, 11) is 5.23. The molecule has 0 spiro atoms. The highest BCUT2D eigenvalue weighted by atomic mass is 13.9. The van der Waals surface area contributed by atoms with Crippen molar-refractivity contribution in [2.45, 2.75) is 27.1 Å². The van der Waals surface area contributed by atoms with Gasteiger partial charge in [-0.15, -0.1) is 5.92 Å². The molecule has 0 heterocycles. The average Bonchev–Trinajstić information content (AvgIpc) is 2.20. The number of hydrogen-bond acceptors (Lipinski definition) is 0. The first kappa shape index (κ1) is 11.8. The first-order valence-corrected chi connectivity index (χ1v) is 4.58. The van der Waals surface area contributed by atoms with E-state index in [0.29, 0.717) is 6.32 Å². The Morgan fingerprint density at radius 3 is 2.15 bits per heavy atom. The van der Waals surface area contributed by atoms with Crippen molar-refractivity contribution in [1.82, 2.24) is 0 Å². The zero-order valence-electron chi connectivity index (χ0n) is 8.59.